The maximum Gasteiger partial charge on any atom is 0.326 e. The molecule has 1 aromatic carbocycles. The Kier molecular flexibility index (Phi) is 5.46. The second-order valence-corrected chi connectivity index (χ2v) is 5.19. The summed E-state index contributed by atoms with van der Waals surface area (Å²) in [4.78, 5) is 27.5. The van der Waals surface area contributed by atoms with Gasteiger partial charge in [-0.05, 0) is 18.6 Å². The first-order chi connectivity index (χ1) is 11.0. The van der Waals surface area contributed by atoms with E-state index >= 15 is 0 Å². The smallest absolute Gasteiger partial charge is 0.326 e. The number of H-pyrrole nitrogens is 1. The Morgan fingerprint density at radius 2 is 1.96 bits per heavy atom. The fourth-order valence-corrected chi connectivity index (χ4v) is 2.14. The molecule has 0 radical (unpaired) electrons. The summed E-state index contributed by atoms with van der Waals surface area (Å²) in [5.41, 5.74) is 1.20. The molecule has 1 amide bonds. The number of carboxylic acids is 1. The van der Waals surface area contributed by atoms with Gasteiger partial charge < -0.3 is 10.4 Å². The molecule has 7 nitrogen and oxygen atoms in total. The second kappa shape index (κ2) is 7.53. The minimum absolute atomic E-state index is 0.399. The lowest BCUT2D eigenvalue weighted by Gasteiger charge is -2.13. The van der Waals surface area contributed by atoms with Crippen LogP contribution in [0.15, 0.2) is 24.3 Å². The molecular weight excluding hydrogens is 296 g/mol. The first-order valence-electron chi connectivity index (χ1n) is 7.60. The van der Waals surface area contributed by atoms with Crippen molar-refractivity contribution in [3.05, 3.63) is 35.7 Å². The third kappa shape index (κ3) is 4.15. The van der Waals surface area contributed by atoms with E-state index in [1.54, 1.807) is 24.3 Å². The number of nitrogens with zero attached hydrogens (tertiary/aromatic N) is 2. The largest absolute Gasteiger partial charge is 0.480 e. The van der Waals surface area contributed by atoms with E-state index in [0.717, 1.165) is 17.8 Å². The quantitative estimate of drug-likeness (QED) is 0.724. The van der Waals surface area contributed by atoms with E-state index in [2.05, 4.69) is 20.5 Å². The Labute approximate surface area is 134 Å². The van der Waals surface area contributed by atoms with E-state index in [0.29, 0.717) is 24.2 Å². The molecule has 23 heavy (non-hydrogen) atoms. The molecule has 0 spiro atoms. The van der Waals surface area contributed by atoms with Crippen molar-refractivity contribution in [2.45, 2.75) is 39.2 Å². The number of aliphatic carboxylic acids is 1. The number of nitrogens with one attached hydrogen (secondary N) is 2. The topological polar surface area (TPSA) is 108 Å². The van der Waals surface area contributed by atoms with Crippen molar-refractivity contribution < 1.29 is 14.7 Å². The third-order valence-corrected chi connectivity index (χ3v) is 3.45. The van der Waals surface area contributed by atoms with Gasteiger partial charge in [-0.15, -0.1) is 0 Å². The minimum atomic E-state index is -1.02. The predicted molar refractivity (Wildman–Crippen MR) is 85.0 cm³/mol. The summed E-state index contributed by atoms with van der Waals surface area (Å²) in [7, 11) is 0. The molecular formula is C16H20N4O3. The van der Waals surface area contributed by atoms with E-state index in [1.807, 2.05) is 13.8 Å². The van der Waals surface area contributed by atoms with E-state index in [1.165, 1.54) is 0 Å². The number of hydrogen-bond donors (Lipinski definition) is 3. The maximum atomic E-state index is 12.1. The summed E-state index contributed by atoms with van der Waals surface area (Å²) in [6, 6.07) is 5.89. The number of aromatic amines is 1. The first kappa shape index (κ1) is 16.7. The fraction of sp³-hybridized carbons (Fsp3) is 0.375. The van der Waals surface area contributed by atoms with Crippen LogP contribution in [0.25, 0.3) is 11.4 Å². The van der Waals surface area contributed by atoms with Crippen LogP contribution in [-0.4, -0.2) is 38.2 Å². The van der Waals surface area contributed by atoms with Crippen molar-refractivity contribution in [1.82, 2.24) is 20.5 Å². The molecule has 1 heterocycles. The molecule has 2 aromatic rings. The number of rotatable bonds is 7. The Morgan fingerprint density at radius 1 is 1.26 bits per heavy atom. The standard InChI is InChI=1S/C16H20N4O3/c1-3-5-12(16(22)23)17-15(21)11-8-6-10(7-9-11)14-18-13(4-2)19-20-14/h6-9,12H,3-5H2,1-2H3,(H,17,21)(H,22,23)(H,18,19,20). The van der Waals surface area contributed by atoms with Gasteiger partial charge >= 0.3 is 5.97 Å². The Morgan fingerprint density at radius 3 is 2.48 bits per heavy atom. The minimum Gasteiger partial charge on any atom is -0.480 e. The van der Waals surface area contributed by atoms with E-state index in [4.69, 9.17) is 5.11 Å². The van der Waals surface area contributed by atoms with E-state index < -0.39 is 17.9 Å². The second-order valence-electron chi connectivity index (χ2n) is 5.19. The number of benzene rings is 1. The highest BCUT2D eigenvalue weighted by Crippen LogP contribution is 2.16. The van der Waals surface area contributed by atoms with Crippen molar-refractivity contribution in [1.29, 1.82) is 0 Å². The maximum absolute atomic E-state index is 12.1. The van der Waals surface area contributed by atoms with Gasteiger partial charge in [-0.3, -0.25) is 9.89 Å². The summed E-state index contributed by atoms with van der Waals surface area (Å²) in [5.74, 6) is -0.0554. The lowest BCUT2D eigenvalue weighted by Crippen LogP contribution is -2.40. The lowest BCUT2D eigenvalue weighted by atomic mass is 10.1. The Bertz CT molecular complexity index is 679. The Balaban J connectivity index is 2.09. The molecule has 1 unspecified atom stereocenters. The summed E-state index contributed by atoms with van der Waals surface area (Å²) in [6.07, 6.45) is 1.85. The van der Waals surface area contributed by atoms with Crippen LogP contribution in [0.3, 0.4) is 0 Å². The molecule has 0 aliphatic rings. The van der Waals surface area contributed by atoms with Crippen LogP contribution in [0.4, 0.5) is 0 Å². The highest BCUT2D eigenvalue weighted by atomic mass is 16.4. The zero-order valence-corrected chi connectivity index (χ0v) is 13.2. The van der Waals surface area contributed by atoms with E-state index in [-0.39, 0.29) is 0 Å². The number of hydrogen-bond acceptors (Lipinski definition) is 4. The summed E-state index contributed by atoms with van der Waals surface area (Å²) in [5, 5.41) is 18.6. The molecule has 0 fully saturated rings. The van der Waals surface area contributed by atoms with Crippen molar-refractivity contribution in [2.24, 2.45) is 0 Å². The molecule has 1 aromatic heterocycles. The zero-order chi connectivity index (χ0) is 16.8. The number of carbonyl (C=O) groups excluding carboxylic acids is 1. The highest BCUT2D eigenvalue weighted by Gasteiger charge is 2.19. The molecule has 0 aliphatic heterocycles. The van der Waals surface area contributed by atoms with Crippen molar-refractivity contribution in [3.63, 3.8) is 0 Å². The molecule has 0 bridgehead atoms. The highest BCUT2D eigenvalue weighted by molar-refractivity contribution is 5.96. The molecule has 0 saturated carbocycles. The van der Waals surface area contributed by atoms with Gasteiger partial charge in [0, 0.05) is 17.5 Å². The fourth-order valence-electron chi connectivity index (χ4n) is 2.14. The van der Waals surface area contributed by atoms with Crippen molar-refractivity contribution >= 4 is 11.9 Å². The van der Waals surface area contributed by atoms with Crippen molar-refractivity contribution in [3.8, 4) is 11.4 Å². The Hall–Kier alpha value is -2.70. The van der Waals surface area contributed by atoms with Gasteiger partial charge in [0.25, 0.3) is 5.91 Å². The van der Waals surface area contributed by atoms with Gasteiger partial charge in [-0.1, -0.05) is 32.4 Å². The molecule has 1 atom stereocenters. The SMILES string of the molecule is CCCC(NC(=O)c1ccc(-c2n[nH]c(CC)n2)cc1)C(=O)O. The average molecular weight is 316 g/mol. The van der Waals surface area contributed by atoms with Crippen LogP contribution in [0.2, 0.25) is 0 Å². The summed E-state index contributed by atoms with van der Waals surface area (Å²) in [6.45, 7) is 3.85. The summed E-state index contributed by atoms with van der Waals surface area (Å²) < 4.78 is 0. The van der Waals surface area contributed by atoms with Gasteiger partial charge in [-0.25, -0.2) is 9.78 Å². The molecule has 0 aliphatic carbocycles. The normalized spacial score (nSPS) is 11.9. The first-order valence-corrected chi connectivity index (χ1v) is 7.60. The van der Waals surface area contributed by atoms with Crippen LogP contribution < -0.4 is 5.32 Å². The van der Waals surface area contributed by atoms with Gasteiger partial charge in [0.2, 0.25) is 0 Å². The third-order valence-electron chi connectivity index (χ3n) is 3.45. The van der Waals surface area contributed by atoms with Gasteiger partial charge in [-0.2, -0.15) is 5.10 Å². The zero-order valence-electron chi connectivity index (χ0n) is 13.2. The van der Waals surface area contributed by atoms with Gasteiger partial charge in [0.15, 0.2) is 5.82 Å². The van der Waals surface area contributed by atoms with Crippen LogP contribution >= 0.6 is 0 Å². The number of carbonyl (C=O) groups is 2. The van der Waals surface area contributed by atoms with Crippen LogP contribution in [0, 0.1) is 0 Å². The van der Waals surface area contributed by atoms with Crippen LogP contribution in [0.1, 0.15) is 42.9 Å². The monoisotopic (exact) mass is 316 g/mol. The van der Waals surface area contributed by atoms with E-state index in [9.17, 15) is 9.59 Å². The molecule has 3 N–H and O–H groups in total. The average Bonchev–Trinajstić information content (AvgIpc) is 3.03. The van der Waals surface area contributed by atoms with Gasteiger partial charge in [0.05, 0.1) is 0 Å². The van der Waals surface area contributed by atoms with Gasteiger partial charge in [0.1, 0.15) is 11.9 Å². The van der Waals surface area contributed by atoms with Crippen LogP contribution in [0.5, 0.6) is 0 Å². The number of carboxylic acid groups (broad SMARTS) is 1. The molecule has 0 saturated heterocycles. The molecule has 7 heteroatoms. The summed E-state index contributed by atoms with van der Waals surface area (Å²) >= 11 is 0. The number of amides is 1. The van der Waals surface area contributed by atoms with Crippen molar-refractivity contribution in [2.75, 3.05) is 0 Å². The number of aromatic nitrogens is 3. The predicted octanol–water partition coefficient (Wildman–Crippen LogP) is 2.02. The lowest BCUT2D eigenvalue weighted by molar-refractivity contribution is -0.139. The molecule has 122 valence electrons. The molecule has 2 rings (SSSR count). The van der Waals surface area contributed by atoms with Crippen LogP contribution in [-0.2, 0) is 11.2 Å². The number of aryl methyl sites for hydroxylation is 1.